The number of ether oxygens (including phenoxy) is 4. The van der Waals surface area contributed by atoms with Gasteiger partial charge in [-0.2, -0.15) is 0 Å². The average molecular weight is 499 g/mol. The van der Waals surface area contributed by atoms with E-state index in [4.69, 9.17) is 23.4 Å². The van der Waals surface area contributed by atoms with Crippen LogP contribution in [0.1, 0.15) is 48.5 Å². The molecule has 190 valence electrons. The average Bonchev–Trinajstić information content (AvgIpc) is 3.29. The number of hydrogen-bond donors (Lipinski definition) is 1. The molecule has 4 atom stereocenters. The van der Waals surface area contributed by atoms with Crippen LogP contribution < -0.4 is 10.4 Å². The van der Waals surface area contributed by atoms with Gasteiger partial charge < -0.3 is 28.5 Å². The molecule has 5 rings (SSSR count). The predicted octanol–water partition coefficient (Wildman–Crippen LogP) is 3.35. The molecule has 7 heteroatoms. The fraction of sp³-hybridized carbons (Fsp3) is 0.571. The van der Waals surface area contributed by atoms with E-state index in [1.165, 1.54) is 10.4 Å². The van der Waals surface area contributed by atoms with Crippen molar-refractivity contribution < 1.29 is 28.5 Å². The molecule has 0 aromatic heterocycles. The van der Waals surface area contributed by atoms with Crippen molar-refractivity contribution in [2.45, 2.75) is 102 Å². The van der Waals surface area contributed by atoms with Gasteiger partial charge in [-0.05, 0) is 43.1 Å². The molecule has 2 saturated heterocycles. The SMILES string of the molecule is CC1(C)OC2C(O)C3OC(C)(C)OC3C(O[Si](c3ccccc3)(c3ccccc3)C(C)(C)C)C2O1. The van der Waals surface area contributed by atoms with Gasteiger partial charge >= 0.3 is 0 Å². The van der Waals surface area contributed by atoms with Crippen LogP contribution in [0.25, 0.3) is 0 Å². The summed E-state index contributed by atoms with van der Waals surface area (Å²) in [7, 11) is -2.92. The molecule has 2 heterocycles. The summed E-state index contributed by atoms with van der Waals surface area (Å²) in [5.74, 6) is -1.70. The van der Waals surface area contributed by atoms with Gasteiger partial charge in [-0.25, -0.2) is 0 Å². The van der Waals surface area contributed by atoms with Gasteiger partial charge in [-0.3, -0.25) is 0 Å². The van der Waals surface area contributed by atoms with Gasteiger partial charge in [0.15, 0.2) is 11.6 Å². The Balaban J connectivity index is 1.68. The molecule has 3 aliphatic rings. The molecule has 0 amide bonds. The van der Waals surface area contributed by atoms with Gasteiger partial charge in [-0.1, -0.05) is 81.4 Å². The van der Waals surface area contributed by atoms with Crippen molar-refractivity contribution in [2.75, 3.05) is 0 Å². The Labute approximate surface area is 209 Å². The second-order valence-electron chi connectivity index (χ2n) is 11.9. The summed E-state index contributed by atoms with van der Waals surface area (Å²) >= 11 is 0. The van der Waals surface area contributed by atoms with Gasteiger partial charge in [0, 0.05) is 0 Å². The molecule has 2 aromatic rings. The van der Waals surface area contributed by atoms with Crippen LogP contribution in [0.3, 0.4) is 0 Å². The Morgan fingerprint density at radius 2 is 1.06 bits per heavy atom. The van der Waals surface area contributed by atoms with Gasteiger partial charge in [0.25, 0.3) is 8.32 Å². The first kappa shape index (κ1) is 25.1. The van der Waals surface area contributed by atoms with Crippen LogP contribution in [0.4, 0.5) is 0 Å². The van der Waals surface area contributed by atoms with Crippen molar-refractivity contribution in [2.24, 2.45) is 0 Å². The molecule has 4 unspecified atom stereocenters. The van der Waals surface area contributed by atoms with Gasteiger partial charge in [0.2, 0.25) is 0 Å². The zero-order valence-electron chi connectivity index (χ0n) is 21.7. The molecule has 1 aliphatic carbocycles. The Morgan fingerprint density at radius 3 is 1.43 bits per heavy atom. The van der Waals surface area contributed by atoms with Crippen LogP contribution in [-0.2, 0) is 23.4 Å². The largest absolute Gasteiger partial charge is 0.399 e. The highest BCUT2D eigenvalue weighted by Gasteiger charge is 2.65. The lowest BCUT2D eigenvalue weighted by Crippen LogP contribution is -2.72. The number of benzene rings is 2. The van der Waals surface area contributed by atoms with E-state index in [-0.39, 0.29) is 5.04 Å². The van der Waals surface area contributed by atoms with Crippen molar-refractivity contribution in [3.05, 3.63) is 60.7 Å². The van der Waals surface area contributed by atoms with Crippen LogP contribution >= 0.6 is 0 Å². The highest BCUT2D eigenvalue weighted by molar-refractivity contribution is 6.99. The van der Waals surface area contributed by atoms with Crippen LogP contribution in [-0.4, -0.2) is 61.6 Å². The van der Waals surface area contributed by atoms with E-state index >= 15 is 0 Å². The first-order valence-corrected chi connectivity index (χ1v) is 14.4. The molecule has 6 nitrogen and oxygen atoms in total. The second-order valence-corrected chi connectivity index (χ2v) is 16.1. The molecular formula is C28H38O6Si. The highest BCUT2D eigenvalue weighted by Crippen LogP contribution is 2.48. The first-order valence-electron chi connectivity index (χ1n) is 12.5. The van der Waals surface area contributed by atoms with Crippen molar-refractivity contribution in [1.82, 2.24) is 0 Å². The molecule has 1 saturated carbocycles. The smallest absolute Gasteiger partial charge is 0.261 e. The quantitative estimate of drug-likeness (QED) is 0.653. The molecule has 0 bridgehead atoms. The summed E-state index contributed by atoms with van der Waals surface area (Å²) < 4.78 is 32.8. The van der Waals surface area contributed by atoms with E-state index in [1.54, 1.807) is 0 Å². The third kappa shape index (κ3) is 4.21. The maximum Gasteiger partial charge on any atom is 0.261 e. The highest BCUT2D eigenvalue weighted by atomic mass is 28.4. The molecule has 0 spiro atoms. The standard InChI is InChI=1S/C28H38O6Si/c1-26(2,3)35(18-14-10-8-11-15-18,19-16-12-9-13-17-19)34-25-23-21(30-27(4,5)32-23)20(29)22-24(25)33-28(6,7)31-22/h8-17,20-25,29H,1-7H3. The van der Waals surface area contributed by atoms with Crippen molar-refractivity contribution >= 4 is 18.7 Å². The number of hydrogen-bond acceptors (Lipinski definition) is 6. The Morgan fingerprint density at radius 1 is 0.686 bits per heavy atom. The second kappa shape index (κ2) is 8.48. The fourth-order valence-corrected chi connectivity index (χ4v) is 10.8. The van der Waals surface area contributed by atoms with E-state index < -0.39 is 56.5 Å². The van der Waals surface area contributed by atoms with Gasteiger partial charge in [-0.15, -0.1) is 0 Å². The van der Waals surface area contributed by atoms with Gasteiger partial charge in [0.1, 0.15) is 36.6 Å². The molecule has 2 aromatic carbocycles. The van der Waals surface area contributed by atoms with Crippen molar-refractivity contribution in [3.8, 4) is 0 Å². The van der Waals surface area contributed by atoms with Gasteiger partial charge in [0.05, 0.1) is 0 Å². The van der Waals surface area contributed by atoms with E-state index in [9.17, 15) is 5.11 Å². The van der Waals surface area contributed by atoms with Crippen molar-refractivity contribution in [1.29, 1.82) is 0 Å². The van der Waals surface area contributed by atoms with E-state index in [2.05, 4.69) is 69.3 Å². The summed E-state index contributed by atoms with van der Waals surface area (Å²) in [6, 6.07) is 21.0. The number of rotatable bonds is 4. The molecule has 35 heavy (non-hydrogen) atoms. The number of fused-ring (bicyclic) bond motifs is 2. The Bertz CT molecular complexity index is 963. The summed E-state index contributed by atoms with van der Waals surface area (Å²) in [5.41, 5.74) is 0. The van der Waals surface area contributed by atoms with Crippen LogP contribution in [0, 0.1) is 0 Å². The lowest BCUT2D eigenvalue weighted by molar-refractivity contribution is -0.182. The summed E-state index contributed by atoms with van der Waals surface area (Å²) in [6.07, 6.45) is -3.53. The van der Waals surface area contributed by atoms with E-state index in [1.807, 2.05) is 39.8 Å². The summed E-state index contributed by atoms with van der Waals surface area (Å²) in [5, 5.41) is 13.4. The molecule has 2 aliphatic heterocycles. The Hall–Kier alpha value is -1.58. The third-order valence-corrected chi connectivity index (χ3v) is 12.4. The molecule has 1 N–H and O–H groups in total. The summed E-state index contributed by atoms with van der Waals surface area (Å²) in [6.45, 7) is 14.2. The number of aliphatic hydroxyl groups is 1. The van der Waals surface area contributed by atoms with Crippen LogP contribution in [0.2, 0.25) is 5.04 Å². The third-order valence-electron chi connectivity index (χ3n) is 7.38. The minimum atomic E-state index is -2.92. The van der Waals surface area contributed by atoms with Crippen LogP contribution in [0.5, 0.6) is 0 Å². The topological polar surface area (TPSA) is 66.4 Å². The van der Waals surface area contributed by atoms with E-state index in [0.29, 0.717) is 0 Å². The van der Waals surface area contributed by atoms with Crippen LogP contribution in [0.15, 0.2) is 60.7 Å². The molecular weight excluding hydrogens is 460 g/mol. The normalized spacial score (nSPS) is 33.8. The van der Waals surface area contributed by atoms with Crippen molar-refractivity contribution in [3.63, 3.8) is 0 Å². The fourth-order valence-electron chi connectivity index (χ4n) is 6.07. The van der Waals surface area contributed by atoms with E-state index in [0.717, 1.165) is 0 Å². The lowest BCUT2D eigenvalue weighted by atomic mass is 9.85. The first-order chi connectivity index (χ1) is 16.3. The Kier molecular flexibility index (Phi) is 6.08. The number of aliphatic hydroxyl groups excluding tert-OH is 1. The zero-order chi connectivity index (χ0) is 25.2. The zero-order valence-corrected chi connectivity index (χ0v) is 22.7. The summed E-state index contributed by atoms with van der Waals surface area (Å²) in [4.78, 5) is 0. The minimum Gasteiger partial charge on any atom is -0.399 e. The maximum absolute atomic E-state index is 11.3. The monoisotopic (exact) mass is 498 g/mol. The minimum absolute atomic E-state index is 0.222. The lowest BCUT2D eigenvalue weighted by Gasteiger charge is -2.49. The molecule has 0 radical (unpaired) electrons. The maximum atomic E-state index is 11.3. The predicted molar refractivity (Wildman–Crippen MR) is 136 cm³/mol. The molecule has 3 fully saturated rings.